The van der Waals surface area contributed by atoms with E-state index in [1.807, 2.05) is 0 Å². The van der Waals surface area contributed by atoms with Gasteiger partial charge >= 0.3 is 0 Å². The van der Waals surface area contributed by atoms with Crippen LogP contribution in [0.15, 0.2) is 12.1 Å². The van der Waals surface area contributed by atoms with Gasteiger partial charge in [0.1, 0.15) is 0 Å². The highest BCUT2D eigenvalue weighted by Gasteiger charge is 2.16. The normalized spacial score (nSPS) is 11.9. The Morgan fingerprint density at radius 1 is 0.889 bits per heavy atom. The van der Waals surface area contributed by atoms with E-state index in [0.717, 1.165) is 5.33 Å². The molecule has 0 aliphatic heterocycles. The zero-order valence-corrected chi connectivity index (χ0v) is 14.1. The Labute approximate surface area is 121 Å². The molecule has 1 heteroatoms. The van der Waals surface area contributed by atoms with E-state index < -0.39 is 0 Å². The Hall–Kier alpha value is -0.300. The molecule has 0 heterocycles. The molecule has 0 aliphatic carbocycles. The molecule has 1 rings (SSSR count). The summed E-state index contributed by atoms with van der Waals surface area (Å²) in [5, 5.41) is 0.924. The Morgan fingerprint density at radius 2 is 1.33 bits per heavy atom. The number of hydrogen-bond donors (Lipinski definition) is 0. The fourth-order valence-electron chi connectivity index (χ4n) is 2.32. The summed E-state index contributed by atoms with van der Waals surface area (Å²) >= 11 is 3.54. The van der Waals surface area contributed by atoms with Gasteiger partial charge in [-0.1, -0.05) is 69.6 Å². The Balaban J connectivity index is 3.44. The van der Waals surface area contributed by atoms with Crippen LogP contribution in [0.3, 0.4) is 0 Å². The quantitative estimate of drug-likeness (QED) is 0.585. The van der Waals surface area contributed by atoms with Crippen LogP contribution in [0, 0.1) is 6.42 Å². The van der Waals surface area contributed by atoms with Gasteiger partial charge in [-0.2, -0.15) is 0 Å². The first kappa shape index (κ1) is 15.8. The topological polar surface area (TPSA) is 0 Å². The first-order chi connectivity index (χ1) is 8.38. The van der Waals surface area contributed by atoms with Gasteiger partial charge in [0.25, 0.3) is 0 Å². The minimum atomic E-state index is 0.575. The molecule has 101 valence electrons. The summed E-state index contributed by atoms with van der Waals surface area (Å²) in [5.41, 5.74) is 5.89. The fraction of sp³-hybridized carbons (Fsp3) is 0.588. The van der Waals surface area contributed by atoms with E-state index in [1.165, 1.54) is 22.3 Å². The lowest BCUT2D eigenvalue weighted by atomic mass is 9.83. The lowest BCUT2D eigenvalue weighted by Gasteiger charge is -2.22. The van der Waals surface area contributed by atoms with E-state index in [0.29, 0.717) is 17.8 Å². The van der Waals surface area contributed by atoms with Crippen LogP contribution in [0.2, 0.25) is 0 Å². The third-order valence-electron chi connectivity index (χ3n) is 3.46. The summed E-state index contributed by atoms with van der Waals surface area (Å²) in [7, 11) is 0. The van der Waals surface area contributed by atoms with Crippen molar-refractivity contribution in [2.24, 2.45) is 0 Å². The molecule has 0 atom stereocenters. The largest absolute Gasteiger partial charge is 0.0921 e. The lowest BCUT2D eigenvalue weighted by Crippen LogP contribution is -2.06. The van der Waals surface area contributed by atoms with Crippen LogP contribution in [0.4, 0.5) is 0 Å². The van der Waals surface area contributed by atoms with Gasteiger partial charge in [-0.25, -0.2) is 0 Å². The standard InChI is InChI=1S/C17H26Br/c1-11(2)14-9-16(12(3)4)15(7-8-18)17(10-14)13(5)6/h7,9-13H,8H2,1-6H3. The van der Waals surface area contributed by atoms with E-state index in [9.17, 15) is 0 Å². The minimum Gasteiger partial charge on any atom is -0.0921 e. The summed E-state index contributed by atoms with van der Waals surface area (Å²) < 4.78 is 0. The van der Waals surface area contributed by atoms with Crippen LogP contribution in [-0.2, 0) is 0 Å². The predicted octanol–water partition coefficient (Wildman–Crippen LogP) is 6.00. The van der Waals surface area contributed by atoms with Crippen LogP contribution >= 0.6 is 15.9 Å². The van der Waals surface area contributed by atoms with Crippen LogP contribution in [0.1, 0.15) is 81.5 Å². The Morgan fingerprint density at radius 3 is 1.61 bits per heavy atom. The minimum absolute atomic E-state index is 0.575. The molecule has 1 aromatic rings. The third-order valence-corrected chi connectivity index (χ3v) is 3.78. The fourth-order valence-corrected chi connectivity index (χ4v) is 2.65. The molecule has 0 spiro atoms. The molecule has 0 aliphatic rings. The highest BCUT2D eigenvalue weighted by molar-refractivity contribution is 9.09. The first-order valence-electron chi connectivity index (χ1n) is 6.95. The van der Waals surface area contributed by atoms with Gasteiger partial charge in [-0.05, 0) is 40.0 Å². The second kappa shape index (κ2) is 6.75. The molecule has 18 heavy (non-hydrogen) atoms. The summed E-state index contributed by atoms with van der Waals surface area (Å²) in [6, 6.07) is 4.80. The Kier molecular flexibility index (Phi) is 5.91. The van der Waals surface area contributed by atoms with E-state index in [1.54, 1.807) is 0 Å². The number of alkyl halides is 1. The summed E-state index contributed by atoms with van der Waals surface area (Å²) in [6.45, 7) is 13.7. The average Bonchev–Trinajstić information content (AvgIpc) is 2.28. The molecular weight excluding hydrogens is 284 g/mol. The van der Waals surface area contributed by atoms with Gasteiger partial charge in [0.15, 0.2) is 0 Å². The van der Waals surface area contributed by atoms with Crippen molar-refractivity contribution in [3.05, 3.63) is 40.8 Å². The molecule has 0 N–H and O–H groups in total. The maximum absolute atomic E-state index is 3.54. The number of halogens is 1. The zero-order valence-electron chi connectivity index (χ0n) is 12.5. The van der Waals surface area contributed by atoms with Crippen molar-refractivity contribution < 1.29 is 0 Å². The van der Waals surface area contributed by atoms with E-state index >= 15 is 0 Å². The van der Waals surface area contributed by atoms with Crippen LogP contribution in [0.5, 0.6) is 0 Å². The van der Waals surface area contributed by atoms with Crippen molar-refractivity contribution in [1.29, 1.82) is 0 Å². The van der Waals surface area contributed by atoms with Crippen LogP contribution in [0.25, 0.3) is 0 Å². The summed E-state index contributed by atoms with van der Waals surface area (Å²) in [4.78, 5) is 0. The SMILES string of the molecule is CC(C)c1cc(C(C)C)c([CH]CBr)c(C(C)C)c1. The first-order valence-corrected chi connectivity index (χ1v) is 8.07. The third kappa shape index (κ3) is 3.60. The predicted molar refractivity (Wildman–Crippen MR) is 85.9 cm³/mol. The number of rotatable bonds is 5. The Bertz CT molecular complexity index is 360. The highest BCUT2D eigenvalue weighted by Crippen LogP contribution is 2.33. The van der Waals surface area contributed by atoms with Crippen molar-refractivity contribution in [3.8, 4) is 0 Å². The average molecular weight is 310 g/mol. The molecule has 0 saturated heterocycles. The van der Waals surface area contributed by atoms with Crippen molar-refractivity contribution in [3.63, 3.8) is 0 Å². The molecule has 0 fully saturated rings. The molecule has 0 bridgehead atoms. The van der Waals surface area contributed by atoms with Crippen LogP contribution < -0.4 is 0 Å². The molecular formula is C17H26Br. The molecule has 1 radical (unpaired) electrons. The van der Waals surface area contributed by atoms with Gasteiger partial charge in [0.05, 0.1) is 0 Å². The maximum atomic E-state index is 3.54. The van der Waals surface area contributed by atoms with Gasteiger partial charge in [0, 0.05) is 11.8 Å². The molecule has 0 aromatic heterocycles. The zero-order chi connectivity index (χ0) is 13.9. The van der Waals surface area contributed by atoms with Crippen molar-refractivity contribution >= 4 is 15.9 Å². The van der Waals surface area contributed by atoms with Crippen molar-refractivity contribution in [2.75, 3.05) is 5.33 Å². The van der Waals surface area contributed by atoms with Gasteiger partial charge < -0.3 is 0 Å². The molecule has 0 nitrogen and oxygen atoms in total. The molecule has 0 saturated carbocycles. The van der Waals surface area contributed by atoms with Crippen molar-refractivity contribution in [1.82, 2.24) is 0 Å². The van der Waals surface area contributed by atoms with Gasteiger partial charge in [0.2, 0.25) is 0 Å². The lowest BCUT2D eigenvalue weighted by molar-refractivity contribution is 0.794. The number of benzene rings is 1. The number of hydrogen-bond acceptors (Lipinski definition) is 0. The van der Waals surface area contributed by atoms with Crippen LogP contribution in [-0.4, -0.2) is 5.33 Å². The van der Waals surface area contributed by atoms with Gasteiger partial charge in [-0.3, -0.25) is 0 Å². The highest BCUT2D eigenvalue weighted by atomic mass is 79.9. The molecule has 0 amide bonds. The van der Waals surface area contributed by atoms with E-state index in [-0.39, 0.29) is 0 Å². The monoisotopic (exact) mass is 309 g/mol. The maximum Gasteiger partial charge on any atom is 0.0107 e. The molecule has 1 aromatic carbocycles. The van der Waals surface area contributed by atoms with Crippen molar-refractivity contribution in [2.45, 2.75) is 59.3 Å². The summed E-state index contributed by atoms with van der Waals surface area (Å²) in [5.74, 6) is 1.75. The van der Waals surface area contributed by atoms with Gasteiger partial charge in [-0.15, -0.1) is 0 Å². The second-order valence-corrected chi connectivity index (χ2v) is 6.58. The van der Waals surface area contributed by atoms with E-state index in [2.05, 4.69) is 76.0 Å². The van der Waals surface area contributed by atoms with E-state index in [4.69, 9.17) is 0 Å². The molecule has 0 unspecified atom stereocenters. The smallest absolute Gasteiger partial charge is 0.0107 e. The second-order valence-electron chi connectivity index (χ2n) is 5.94. The summed E-state index contributed by atoms with van der Waals surface area (Å²) in [6.07, 6.45) is 2.31.